The van der Waals surface area contributed by atoms with Crippen LogP contribution in [0.2, 0.25) is 0 Å². The lowest BCUT2D eigenvalue weighted by Gasteiger charge is -2.10. The molecule has 0 amide bonds. The fourth-order valence-electron chi connectivity index (χ4n) is 2.18. The van der Waals surface area contributed by atoms with Gasteiger partial charge in [0.25, 0.3) is 5.69 Å². The Morgan fingerprint density at radius 2 is 2.21 bits per heavy atom. The van der Waals surface area contributed by atoms with Crippen LogP contribution in [0, 0.1) is 17.0 Å². The molecule has 1 atom stereocenters. The first-order chi connectivity index (χ1) is 8.87. The third-order valence-corrected chi connectivity index (χ3v) is 5.07. The van der Waals surface area contributed by atoms with Gasteiger partial charge in [-0.3, -0.25) is 10.1 Å². The van der Waals surface area contributed by atoms with E-state index in [1.165, 1.54) is 6.07 Å². The molecule has 0 saturated carbocycles. The van der Waals surface area contributed by atoms with Crippen molar-refractivity contribution in [2.24, 2.45) is 0 Å². The smallest absolute Gasteiger partial charge is 0.272 e. The second-order valence-electron chi connectivity index (χ2n) is 4.86. The highest BCUT2D eigenvalue weighted by Gasteiger charge is 2.27. The van der Waals surface area contributed by atoms with Crippen LogP contribution < -0.4 is 5.32 Å². The van der Waals surface area contributed by atoms with E-state index in [9.17, 15) is 18.5 Å². The standard InChI is InChI=1S/C12H16N2O4S/c1-9-2-3-10(6-12(9)14(15)16)7-13-11-4-5-19(17,18)8-11/h2-3,6,11,13H,4-5,7-8H2,1H3. The molecule has 2 rings (SSSR count). The van der Waals surface area contributed by atoms with Gasteiger partial charge in [0.15, 0.2) is 9.84 Å². The van der Waals surface area contributed by atoms with Gasteiger partial charge < -0.3 is 5.32 Å². The summed E-state index contributed by atoms with van der Waals surface area (Å²) in [5, 5.41) is 14.0. The highest BCUT2D eigenvalue weighted by molar-refractivity contribution is 7.91. The lowest BCUT2D eigenvalue weighted by molar-refractivity contribution is -0.385. The largest absolute Gasteiger partial charge is 0.309 e. The highest BCUT2D eigenvalue weighted by atomic mass is 32.2. The third kappa shape index (κ3) is 3.51. The fourth-order valence-corrected chi connectivity index (χ4v) is 3.89. The predicted octanol–water partition coefficient (Wildman–Crippen LogP) is 1.18. The summed E-state index contributed by atoms with van der Waals surface area (Å²) in [5.74, 6) is 0.375. The molecule has 1 aromatic rings. The lowest BCUT2D eigenvalue weighted by atomic mass is 10.1. The maximum atomic E-state index is 11.3. The molecule has 0 aliphatic carbocycles. The number of nitrogens with one attached hydrogen (secondary N) is 1. The molecule has 19 heavy (non-hydrogen) atoms. The molecule has 1 aromatic carbocycles. The Morgan fingerprint density at radius 3 is 2.79 bits per heavy atom. The third-order valence-electron chi connectivity index (χ3n) is 3.30. The second kappa shape index (κ2) is 5.26. The Hall–Kier alpha value is -1.47. The summed E-state index contributed by atoms with van der Waals surface area (Å²) in [6.45, 7) is 2.14. The first-order valence-electron chi connectivity index (χ1n) is 6.05. The number of hydrogen-bond acceptors (Lipinski definition) is 5. The van der Waals surface area contributed by atoms with E-state index in [1.54, 1.807) is 13.0 Å². The summed E-state index contributed by atoms with van der Waals surface area (Å²) in [7, 11) is -2.90. The molecule has 1 saturated heterocycles. The Morgan fingerprint density at radius 1 is 1.47 bits per heavy atom. The van der Waals surface area contributed by atoms with Crippen LogP contribution in [0.25, 0.3) is 0 Å². The van der Waals surface area contributed by atoms with Gasteiger partial charge >= 0.3 is 0 Å². The van der Waals surface area contributed by atoms with Crippen molar-refractivity contribution in [3.8, 4) is 0 Å². The molecule has 104 valence electrons. The summed E-state index contributed by atoms with van der Waals surface area (Å²) < 4.78 is 22.6. The van der Waals surface area contributed by atoms with Crippen LogP contribution in [-0.4, -0.2) is 30.9 Å². The molecule has 0 radical (unpaired) electrons. The van der Waals surface area contributed by atoms with Gasteiger partial charge in [-0.1, -0.05) is 12.1 Å². The minimum atomic E-state index is -2.90. The first kappa shape index (κ1) is 14.0. The quantitative estimate of drug-likeness (QED) is 0.662. The van der Waals surface area contributed by atoms with Crippen LogP contribution in [0.4, 0.5) is 5.69 Å². The molecular weight excluding hydrogens is 268 g/mol. The molecule has 1 heterocycles. The minimum Gasteiger partial charge on any atom is -0.309 e. The Labute approximate surface area is 111 Å². The topological polar surface area (TPSA) is 89.3 Å². The van der Waals surface area contributed by atoms with Crippen molar-refractivity contribution in [1.82, 2.24) is 5.32 Å². The predicted molar refractivity (Wildman–Crippen MR) is 71.7 cm³/mol. The minimum absolute atomic E-state index is 0.0506. The van der Waals surface area contributed by atoms with E-state index in [1.807, 2.05) is 6.07 Å². The van der Waals surface area contributed by atoms with Crippen LogP contribution in [0.5, 0.6) is 0 Å². The van der Waals surface area contributed by atoms with Gasteiger partial charge in [-0.2, -0.15) is 0 Å². The summed E-state index contributed by atoms with van der Waals surface area (Å²) in [6.07, 6.45) is 0.607. The van der Waals surface area contributed by atoms with Crippen molar-refractivity contribution >= 4 is 15.5 Å². The zero-order valence-electron chi connectivity index (χ0n) is 10.6. The summed E-state index contributed by atoms with van der Waals surface area (Å²) in [4.78, 5) is 10.4. The molecule has 7 heteroatoms. The van der Waals surface area contributed by atoms with E-state index in [0.717, 1.165) is 5.56 Å². The Bertz CT molecular complexity index is 598. The van der Waals surface area contributed by atoms with Gasteiger partial charge in [0, 0.05) is 24.2 Å². The van der Waals surface area contributed by atoms with Crippen LogP contribution in [0.3, 0.4) is 0 Å². The molecule has 1 N–H and O–H groups in total. The lowest BCUT2D eigenvalue weighted by Crippen LogP contribution is -2.29. The molecule has 0 bridgehead atoms. The average molecular weight is 284 g/mol. The molecular formula is C12H16N2O4S. The first-order valence-corrected chi connectivity index (χ1v) is 7.87. The number of sulfone groups is 1. The second-order valence-corrected chi connectivity index (χ2v) is 7.09. The molecule has 1 aliphatic rings. The number of benzene rings is 1. The molecule has 1 fully saturated rings. The van der Waals surface area contributed by atoms with Crippen LogP contribution >= 0.6 is 0 Å². The normalized spacial score (nSPS) is 21.4. The number of hydrogen-bond donors (Lipinski definition) is 1. The van der Waals surface area contributed by atoms with Gasteiger partial charge in [-0.15, -0.1) is 0 Å². The van der Waals surface area contributed by atoms with E-state index < -0.39 is 14.8 Å². The van der Waals surface area contributed by atoms with Crippen molar-refractivity contribution in [1.29, 1.82) is 0 Å². The Balaban J connectivity index is 2.01. The summed E-state index contributed by atoms with van der Waals surface area (Å²) >= 11 is 0. The molecule has 1 aliphatic heterocycles. The summed E-state index contributed by atoms with van der Waals surface area (Å²) in [5.41, 5.74) is 1.51. The van der Waals surface area contributed by atoms with E-state index in [4.69, 9.17) is 0 Å². The van der Waals surface area contributed by atoms with E-state index >= 15 is 0 Å². The maximum absolute atomic E-state index is 11.3. The van der Waals surface area contributed by atoms with Crippen molar-refractivity contribution in [3.05, 3.63) is 39.4 Å². The van der Waals surface area contributed by atoms with Gasteiger partial charge in [0.1, 0.15) is 0 Å². The fraction of sp³-hybridized carbons (Fsp3) is 0.500. The van der Waals surface area contributed by atoms with Gasteiger partial charge in [-0.05, 0) is 18.9 Å². The molecule has 0 aromatic heterocycles. The SMILES string of the molecule is Cc1ccc(CNC2CCS(=O)(=O)C2)cc1[N+](=O)[O-]. The molecule has 6 nitrogen and oxygen atoms in total. The van der Waals surface area contributed by atoms with Gasteiger partial charge in [0.05, 0.1) is 16.4 Å². The number of nitrogens with zero attached hydrogens (tertiary/aromatic N) is 1. The average Bonchev–Trinajstić information content (AvgIpc) is 2.67. The molecule has 1 unspecified atom stereocenters. The van der Waals surface area contributed by atoms with Gasteiger partial charge in [0.2, 0.25) is 0 Å². The number of rotatable bonds is 4. The van der Waals surface area contributed by atoms with Crippen molar-refractivity contribution < 1.29 is 13.3 Å². The highest BCUT2D eigenvalue weighted by Crippen LogP contribution is 2.19. The number of nitro groups is 1. The zero-order chi connectivity index (χ0) is 14.0. The van der Waals surface area contributed by atoms with E-state index in [0.29, 0.717) is 18.5 Å². The Kier molecular flexibility index (Phi) is 3.86. The van der Waals surface area contributed by atoms with Crippen molar-refractivity contribution in [2.75, 3.05) is 11.5 Å². The van der Waals surface area contributed by atoms with Crippen molar-refractivity contribution in [3.63, 3.8) is 0 Å². The van der Waals surface area contributed by atoms with Gasteiger partial charge in [-0.25, -0.2) is 8.42 Å². The van der Waals surface area contributed by atoms with Crippen LogP contribution in [0.1, 0.15) is 17.5 Å². The van der Waals surface area contributed by atoms with Crippen LogP contribution in [-0.2, 0) is 16.4 Å². The number of aryl methyl sites for hydroxylation is 1. The van der Waals surface area contributed by atoms with E-state index in [-0.39, 0.29) is 23.2 Å². The number of nitro benzene ring substituents is 1. The zero-order valence-corrected chi connectivity index (χ0v) is 11.4. The molecule has 0 spiro atoms. The van der Waals surface area contributed by atoms with Crippen molar-refractivity contribution in [2.45, 2.75) is 25.9 Å². The monoisotopic (exact) mass is 284 g/mol. The maximum Gasteiger partial charge on any atom is 0.272 e. The van der Waals surface area contributed by atoms with E-state index in [2.05, 4.69) is 5.32 Å². The summed E-state index contributed by atoms with van der Waals surface area (Å²) in [6, 6.07) is 5.01. The van der Waals surface area contributed by atoms with Crippen LogP contribution in [0.15, 0.2) is 18.2 Å².